The first-order valence-corrected chi connectivity index (χ1v) is 7.83. The van der Waals surface area contributed by atoms with E-state index in [1.807, 2.05) is 6.07 Å². The van der Waals surface area contributed by atoms with Gasteiger partial charge in [0, 0.05) is 32.2 Å². The number of benzene rings is 2. The number of nitrogens with one attached hydrogen (secondary N) is 1. The molecule has 7 heteroatoms. The summed E-state index contributed by atoms with van der Waals surface area (Å²) in [5, 5.41) is 11.8. The fourth-order valence-corrected chi connectivity index (χ4v) is 2.77. The number of piperazine rings is 1. The Labute approximate surface area is 144 Å². The zero-order valence-electron chi connectivity index (χ0n) is 13.4. The molecule has 3 rings (SSSR count). The van der Waals surface area contributed by atoms with E-state index in [1.54, 1.807) is 34.1 Å². The third kappa shape index (κ3) is 3.69. The first-order chi connectivity index (χ1) is 12.1. The Morgan fingerprint density at radius 2 is 1.80 bits per heavy atom. The van der Waals surface area contributed by atoms with Gasteiger partial charge in [-0.3, -0.25) is 0 Å². The number of nitrogens with zero attached hydrogens (tertiary/aromatic N) is 3. The van der Waals surface area contributed by atoms with Crippen LogP contribution in [0.1, 0.15) is 5.56 Å². The molecule has 1 saturated heterocycles. The van der Waals surface area contributed by atoms with E-state index in [-0.39, 0.29) is 6.03 Å². The Balaban J connectivity index is 1.62. The maximum atomic E-state index is 13.9. The predicted molar refractivity (Wildman–Crippen MR) is 90.3 cm³/mol. The molecule has 0 radical (unpaired) electrons. The molecule has 2 aromatic carbocycles. The number of urea groups is 1. The smallest absolute Gasteiger partial charge is 0.322 e. The van der Waals surface area contributed by atoms with Crippen molar-refractivity contribution < 1.29 is 13.6 Å². The van der Waals surface area contributed by atoms with Crippen LogP contribution in [0.15, 0.2) is 42.5 Å². The summed E-state index contributed by atoms with van der Waals surface area (Å²) in [6, 6.07) is 12.0. The molecule has 1 fully saturated rings. The van der Waals surface area contributed by atoms with Crippen LogP contribution < -0.4 is 10.2 Å². The van der Waals surface area contributed by atoms with Gasteiger partial charge in [0.05, 0.1) is 16.9 Å². The highest BCUT2D eigenvalue weighted by Crippen LogP contribution is 2.22. The number of nitriles is 1. The highest BCUT2D eigenvalue weighted by Gasteiger charge is 2.23. The van der Waals surface area contributed by atoms with Crippen molar-refractivity contribution in [2.24, 2.45) is 0 Å². The van der Waals surface area contributed by atoms with Crippen molar-refractivity contribution in [3.05, 3.63) is 59.7 Å². The quantitative estimate of drug-likeness (QED) is 0.912. The molecule has 0 aliphatic carbocycles. The molecule has 0 aromatic heterocycles. The number of amides is 2. The number of para-hydroxylation sites is 1. The standard InChI is InChI=1S/C18H16F2N4O/c19-14-5-6-17(15(20)11-14)23-7-9-24(10-8-23)18(25)22-16-4-2-1-3-13(16)12-21/h1-6,11H,7-10H2,(H,22,25). The summed E-state index contributed by atoms with van der Waals surface area (Å²) < 4.78 is 26.9. The molecule has 0 bridgehead atoms. The van der Waals surface area contributed by atoms with Crippen LogP contribution in [0, 0.1) is 23.0 Å². The Bertz CT molecular complexity index is 826. The minimum Gasteiger partial charge on any atom is -0.366 e. The molecule has 2 aromatic rings. The molecule has 0 unspecified atom stereocenters. The lowest BCUT2D eigenvalue weighted by molar-refractivity contribution is 0.208. The third-order valence-corrected chi connectivity index (χ3v) is 4.11. The monoisotopic (exact) mass is 342 g/mol. The van der Waals surface area contributed by atoms with Crippen LogP contribution in [0.5, 0.6) is 0 Å². The average molecular weight is 342 g/mol. The molecule has 1 heterocycles. The molecule has 1 N–H and O–H groups in total. The van der Waals surface area contributed by atoms with Gasteiger partial charge in [-0.2, -0.15) is 5.26 Å². The van der Waals surface area contributed by atoms with Crippen molar-refractivity contribution in [2.45, 2.75) is 0 Å². The van der Waals surface area contributed by atoms with Crippen LogP contribution in [-0.4, -0.2) is 37.1 Å². The van der Waals surface area contributed by atoms with Gasteiger partial charge < -0.3 is 15.1 Å². The van der Waals surface area contributed by atoms with Gasteiger partial charge in [-0.1, -0.05) is 12.1 Å². The first-order valence-electron chi connectivity index (χ1n) is 7.83. The Hall–Kier alpha value is -3.14. The van der Waals surface area contributed by atoms with Crippen LogP contribution in [0.2, 0.25) is 0 Å². The lowest BCUT2D eigenvalue weighted by Crippen LogP contribution is -2.50. The van der Waals surface area contributed by atoms with Gasteiger partial charge in [0.25, 0.3) is 0 Å². The predicted octanol–water partition coefficient (Wildman–Crippen LogP) is 3.19. The van der Waals surface area contributed by atoms with Crippen molar-refractivity contribution in [1.29, 1.82) is 5.26 Å². The lowest BCUT2D eigenvalue weighted by atomic mass is 10.2. The van der Waals surface area contributed by atoms with Crippen LogP contribution in [-0.2, 0) is 0 Å². The molecular formula is C18H16F2N4O. The minimum absolute atomic E-state index is 0.304. The van der Waals surface area contributed by atoms with E-state index >= 15 is 0 Å². The molecule has 25 heavy (non-hydrogen) atoms. The fraction of sp³-hybridized carbons (Fsp3) is 0.222. The molecule has 0 spiro atoms. The van der Waals surface area contributed by atoms with Gasteiger partial charge in [-0.25, -0.2) is 13.6 Å². The van der Waals surface area contributed by atoms with Crippen LogP contribution in [0.4, 0.5) is 25.0 Å². The van der Waals surface area contributed by atoms with E-state index in [0.717, 1.165) is 6.07 Å². The number of carbonyl (C=O) groups excluding carboxylic acids is 1. The lowest BCUT2D eigenvalue weighted by Gasteiger charge is -2.36. The van der Waals surface area contributed by atoms with Crippen molar-refractivity contribution in [1.82, 2.24) is 4.90 Å². The van der Waals surface area contributed by atoms with Crippen molar-refractivity contribution in [3.8, 4) is 6.07 Å². The van der Waals surface area contributed by atoms with E-state index < -0.39 is 11.6 Å². The zero-order valence-corrected chi connectivity index (χ0v) is 13.4. The molecule has 128 valence electrons. The highest BCUT2D eigenvalue weighted by molar-refractivity contribution is 5.91. The number of carbonyl (C=O) groups is 1. The van der Waals surface area contributed by atoms with Crippen LogP contribution in [0.25, 0.3) is 0 Å². The molecule has 2 amide bonds. The first kappa shape index (κ1) is 16.7. The van der Waals surface area contributed by atoms with Crippen molar-refractivity contribution in [3.63, 3.8) is 0 Å². The highest BCUT2D eigenvalue weighted by atomic mass is 19.1. The molecule has 1 aliphatic rings. The number of halogens is 2. The van der Waals surface area contributed by atoms with Gasteiger partial charge in [0.15, 0.2) is 0 Å². The van der Waals surface area contributed by atoms with Gasteiger partial charge in [0.1, 0.15) is 17.7 Å². The van der Waals surface area contributed by atoms with E-state index in [0.29, 0.717) is 43.1 Å². The van der Waals surface area contributed by atoms with Crippen LogP contribution in [0.3, 0.4) is 0 Å². The van der Waals surface area contributed by atoms with Gasteiger partial charge in [0.2, 0.25) is 0 Å². The van der Waals surface area contributed by atoms with E-state index in [9.17, 15) is 13.6 Å². The Kier molecular flexibility index (Phi) is 4.80. The maximum Gasteiger partial charge on any atom is 0.322 e. The normalized spacial score (nSPS) is 14.1. The summed E-state index contributed by atoms with van der Waals surface area (Å²) in [5.74, 6) is -1.23. The summed E-state index contributed by atoms with van der Waals surface area (Å²) in [6.45, 7) is 1.68. The van der Waals surface area contributed by atoms with Crippen molar-refractivity contribution in [2.75, 3.05) is 36.4 Å². The minimum atomic E-state index is -0.615. The van der Waals surface area contributed by atoms with Crippen LogP contribution >= 0.6 is 0 Å². The summed E-state index contributed by atoms with van der Waals surface area (Å²) in [7, 11) is 0. The number of hydrogen-bond acceptors (Lipinski definition) is 3. The summed E-state index contributed by atoms with van der Waals surface area (Å²) in [6.07, 6.45) is 0. The van der Waals surface area contributed by atoms with Gasteiger partial charge in [-0.15, -0.1) is 0 Å². The van der Waals surface area contributed by atoms with Gasteiger partial charge >= 0.3 is 6.03 Å². The number of hydrogen-bond donors (Lipinski definition) is 1. The molecule has 1 aliphatic heterocycles. The van der Waals surface area contributed by atoms with Crippen molar-refractivity contribution >= 4 is 17.4 Å². The van der Waals surface area contributed by atoms with Gasteiger partial charge in [-0.05, 0) is 24.3 Å². The maximum absolute atomic E-state index is 13.9. The second-order valence-electron chi connectivity index (χ2n) is 5.66. The summed E-state index contributed by atoms with van der Waals surface area (Å²) in [5.41, 5.74) is 1.18. The van der Waals surface area contributed by atoms with E-state index in [4.69, 9.17) is 5.26 Å². The zero-order chi connectivity index (χ0) is 17.8. The Morgan fingerprint density at radius 1 is 1.08 bits per heavy atom. The SMILES string of the molecule is N#Cc1ccccc1NC(=O)N1CCN(c2ccc(F)cc2F)CC1. The number of anilines is 2. The molecular weight excluding hydrogens is 326 g/mol. The number of rotatable bonds is 2. The largest absolute Gasteiger partial charge is 0.366 e. The van der Waals surface area contributed by atoms with E-state index in [2.05, 4.69) is 5.32 Å². The summed E-state index contributed by atoms with van der Waals surface area (Å²) in [4.78, 5) is 15.7. The average Bonchev–Trinajstić information content (AvgIpc) is 2.62. The molecule has 5 nitrogen and oxygen atoms in total. The summed E-state index contributed by atoms with van der Waals surface area (Å²) >= 11 is 0. The second kappa shape index (κ2) is 7.18. The fourth-order valence-electron chi connectivity index (χ4n) is 2.77. The van der Waals surface area contributed by atoms with E-state index in [1.165, 1.54) is 12.1 Å². The molecule has 0 atom stereocenters. The molecule has 0 saturated carbocycles. The topological polar surface area (TPSA) is 59.4 Å². The Morgan fingerprint density at radius 3 is 2.48 bits per heavy atom. The second-order valence-corrected chi connectivity index (χ2v) is 5.66. The third-order valence-electron chi connectivity index (χ3n) is 4.11.